The number of rotatable bonds is 1. The van der Waals surface area contributed by atoms with E-state index in [0.717, 1.165) is 5.82 Å². The van der Waals surface area contributed by atoms with Gasteiger partial charge in [-0.3, -0.25) is 0 Å². The monoisotopic (exact) mass is 171 g/mol. The molecule has 2 N–H and O–H groups in total. The van der Waals surface area contributed by atoms with Crippen LogP contribution in [0.2, 0.25) is 5.02 Å². The molecule has 1 rings (SSSR count). The molecule has 0 radical (unpaired) electrons. The first-order valence-electron chi connectivity index (χ1n) is 3.19. The molecule has 0 fully saturated rings. The minimum atomic E-state index is 0.563. The Labute approximate surface area is 70.8 Å². The molecule has 60 valence electrons. The summed E-state index contributed by atoms with van der Waals surface area (Å²) in [4.78, 5) is 5.89. The van der Waals surface area contributed by atoms with Crippen LogP contribution in [0, 0.1) is 0 Å². The second-order valence-electron chi connectivity index (χ2n) is 2.46. The number of anilines is 2. The molecule has 0 spiro atoms. The quantitative estimate of drug-likeness (QED) is 0.694. The normalized spacial score (nSPS) is 9.73. The topological polar surface area (TPSA) is 42.2 Å². The van der Waals surface area contributed by atoms with Crippen molar-refractivity contribution in [2.24, 2.45) is 0 Å². The molecule has 0 aliphatic rings. The molecule has 0 saturated carbocycles. The summed E-state index contributed by atoms with van der Waals surface area (Å²) < 4.78 is 0. The van der Waals surface area contributed by atoms with Gasteiger partial charge in [-0.25, -0.2) is 4.98 Å². The maximum Gasteiger partial charge on any atom is 0.151 e. The van der Waals surface area contributed by atoms with E-state index in [0.29, 0.717) is 10.7 Å². The third-order valence-corrected chi connectivity index (χ3v) is 1.49. The Morgan fingerprint density at radius 3 is 2.64 bits per heavy atom. The molecule has 1 aromatic rings. The largest absolute Gasteiger partial charge is 0.396 e. The number of nitrogen functional groups attached to an aromatic ring is 1. The first kappa shape index (κ1) is 8.14. The zero-order valence-corrected chi connectivity index (χ0v) is 7.26. The Morgan fingerprint density at radius 1 is 1.55 bits per heavy atom. The smallest absolute Gasteiger partial charge is 0.151 e. The average Bonchev–Trinajstić information content (AvgIpc) is 1.85. The van der Waals surface area contributed by atoms with Gasteiger partial charge in [0.25, 0.3) is 0 Å². The van der Waals surface area contributed by atoms with Crippen LogP contribution in [0.1, 0.15) is 0 Å². The molecule has 0 aliphatic carbocycles. The summed E-state index contributed by atoms with van der Waals surface area (Å²) in [5.41, 5.74) is 6.23. The Morgan fingerprint density at radius 2 is 2.18 bits per heavy atom. The highest BCUT2D eigenvalue weighted by Gasteiger charge is 2.01. The predicted octanol–water partition coefficient (Wildman–Crippen LogP) is 1.38. The lowest BCUT2D eigenvalue weighted by atomic mass is 10.4. The summed E-state index contributed by atoms with van der Waals surface area (Å²) in [5, 5.41) is 0.563. The number of hydrogen-bond acceptors (Lipinski definition) is 3. The zero-order chi connectivity index (χ0) is 8.43. The standard InChI is InChI=1S/C7H10ClN3/c1-11(2)7-6(9)3-5(8)4-10-7/h3-4H,9H2,1-2H3. The van der Waals surface area contributed by atoms with Crippen molar-refractivity contribution in [1.29, 1.82) is 0 Å². The minimum Gasteiger partial charge on any atom is -0.396 e. The fourth-order valence-electron chi connectivity index (χ4n) is 0.821. The fraction of sp³-hybridized carbons (Fsp3) is 0.286. The summed E-state index contributed by atoms with van der Waals surface area (Å²) in [6.45, 7) is 0. The highest BCUT2D eigenvalue weighted by molar-refractivity contribution is 6.30. The van der Waals surface area contributed by atoms with E-state index in [4.69, 9.17) is 17.3 Å². The lowest BCUT2D eigenvalue weighted by Gasteiger charge is -2.12. The molecule has 4 heteroatoms. The van der Waals surface area contributed by atoms with Crippen molar-refractivity contribution in [3.63, 3.8) is 0 Å². The van der Waals surface area contributed by atoms with Crippen molar-refractivity contribution < 1.29 is 0 Å². The molecule has 1 heterocycles. The second kappa shape index (κ2) is 2.96. The maximum atomic E-state index is 5.66. The predicted molar refractivity (Wildman–Crippen MR) is 48.0 cm³/mol. The molecular weight excluding hydrogens is 162 g/mol. The number of hydrogen-bond donors (Lipinski definition) is 1. The molecule has 0 aliphatic heterocycles. The van der Waals surface area contributed by atoms with Gasteiger partial charge in [-0.15, -0.1) is 0 Å². The highest BCUT2D eigenvalue weighted by Crippen LogP contribution is 2.20. The van der Waals surface area contributed by atoms with Crippen molar-refractivity contribution in [3.05, 3.63) is 17.3 Å². The van der Waals surface area contributed by atoms with Gasteiger partial charge in [-0.05, 0) is 6.07 Å². The molecule has 0 saturated heterocycles. The molecule has 0 bridgehead atoms. The van der Waals surface area contributed by atoms with Gasteiger partial charge in [0.15, 0.2) is 5.82 Å². The van der Waals surface area contributed by atoms with E-state index in [1.807, 2.05) is 19.0 Å². The summed E-state index contributed by atoms with van der Waals surface area (Å²) in [5.74, 6) is 0.745. The van der Waals surface area contributed by atoms with E-state index >= 15 is 0 Å². The number of aromatic nitrogens is 1. The van der Waals surface area contributed by atoms with Crippen molar-refractivity contribution in [3.8, 4) is 0 Å². The Hall–Kier alpha value is -0.960. The van der Waals surface area contributed by atoms with Gasteiger partial charge in [0.05, 0.1) is 10.7 Å². The van der Waals surface area contributed by atoms with Gasteiger partial charge in [0.2, 0.25) is 0 Å². The van der Waals surface area contributed by atoms with E-state index < -0.39 is 0 Å². The van der Waals surface area contributed by atoms with Gasteiger partial charge < -0.3 is 10.6 Å². The highest BCUT2D eigenvalue weighted by atomic mass is 35.5. The van der Waals surface area contributed by atoms with Crippen molar-refractivity contribution >= 4 is 23.1 Å². The van der Waals surface area contributed by atoms with Crippen LogP contribution in [-0.2, 0) is 0 Å². The molecule has 0 atom stereocenters. The van der Waals surface area contributed by atoms with Crippen molar-refractivity contribution in [2.75, 3.05) is 24.7 Å². The van der Waals surface area contributed by atoms with Gasteiger partial charge in [-0.1, -0.05) is 11.6 Å². The van der Waals surface area contributed by atoms with Crippen molar-refractivity contribution in [1.82, 2.24) is 4.98 Å². The van der Waals surface area contributed by atoms with Crippen LogP contribution in [-0.4, -0.2) is 19.1 Å². The zero-order valence-electron chi connectivity index (χ0n) is 6.50. The van der Waals surface area contributed by atoms with E-state index in [-0.39, 0.29) is 0 Å². The first-order chi connectivity index (χ1) is 5.11. The molecule has 0 unspecified atom stereocenters. The van der Waals surface area contributed by atoms with E-state index in [1.54, 1.807) is 12.3 Å². The maximum absolute atomic E-state index is 5.66. The first-order valence-corrected chi connectivity index (χ1v) is 3.57. The van der Waals surface area contributed by atoms with Gasteiger partial charge in [0, 0.05) is 20.3 Å². The third-order valence-electron chi connectivity index (χ3n) is 1.29. The lowest BCUT2D eigenvalue weighted by Crippen LogP contribution is -2.12. The minimum absolute atomic E-state index is 0.563. The number of nitrogens with zero attached hydrogens (tertiary/aromatic N) is 2. The van der Waals surface area contributed by atoms with Crippen molar-refractivity contribution in [2.45, 2.75) is 0 Å². The van der Waals surface area contributed by atoms with Crippen LogP contribution in [0.4, 0.5) is 11.5 Å². The number of halogens is 1. The van der Waals surface area contributed by atoms with Crippen LogP contribution >= 0.6 is 11.6 Å². The molecule has 11 heavy (non-hydrogen) atoms. The van der Waals surface area contributed by atoms with E-state index in [9.17, 15) is 0 Å². The Bertz CT molecular complexity index is 260. The SMILES string of the molecule is CN(C)c1ncc(Cl)cc1N. The Balaban J connectivity index is 3.09. The Kier molecular flexibility index (Phi) is 2.19. The molecule has 3 nitrogen and oxygen atoms in total. The molecule has 1 aromatic heterocycles. The summed E-state index contributed by atoms with van der Waals surface area (Å²) in [6.07, 6.45) is 1.58. The van der Waals surface area contributed by atoms with Crippen LogP contribution in [0.5, 0.6) is 0 Å². The molecule has 0 amide bonds. The van der Waals surface area contributed by atoms with Crippen LogP contribution in [0.15, 0.2) is 12.3 Å². The summed E-state index contributed by atoms with van der Waals surface area (Å²) in [6, 6.07) is 1.68. The second-order valence-corrected chi connectivity index (χ2v) is 2.90. The fourth-order valence-corrected chi connectivity index (χ4v) is 0.988. The van der Waals surface area contributed by atoms with E-state index in [2.05, 4.69) is 4.98 Å². The summed E-state index contributed by atoms with van der Waals surface area (Å²) >= 11 is 5.66. The lowest BCUT2D eigenvalue weighted by molar-refractivity contribution is 1.07. The van der Waals surface area contributed by atoms with Crippen LogP contribution in [0.25, 0.3) is 0 Å². The van der Waals surface area contributed by atoms with E-state index in [1.165, 1.54) is 0 Å². The average molecular weight is 172 g/mol. The number of pyridine rings is 1. The summed E-state index contributed by atoms with van der Waals surface area (Å²) in [7, 11) is 3.76. The molecule has 0 aromatic carbocycles. The number of nitrogens with two attached hydrogens (primary N) is 1. The third kappa shape index (κ3) is 1.74. The molecular formula is C7H10ClN3. The van der Waals surface area contributed by atoms with Crippen LogP contribution < -0.4 is 10.6 Å². The van der Waals surface area contributed by atoms with Gasteiger partial charge in [0.1, 0.15) is 0 Å². The van der Waals surface area contributed by atoms with Gasteiger partial charge >= 0.3 is 0 Å². The van der Waals surface area contributed by atoms with Crippen LogP contribution in [0.3, 0.4) is 0 Å². The van der Waals surface area contributed by atoms with Gasteiger partial charge in [-0.2, -0.15) is 0 Å².